The van der Waals surface area contributed by atoms with Gasteiger partial charge in [-0.2, -0.15) is 0 Å². The van der Waals surface area contributed by atoms with Crippen molar-refractivity contribution in [3.63, 3.8) is 0 Å². The molecule has 0 aliphatic carbocycles. The molecule has 1 N–H and O–H groups in total. The van der Waals surface area contributed by atoms with Crippen LogP contribution in [0.2, 0.25) is 0 Å². The Labute approximate surface area is 187 Å². The molecular formula is C25H40O6. The van der Waals surface area contributed by atoms with Gasteiger partial charge in [-0.3, -0.25) is 9.59 Å². The molecule has 1 aromatic rings. The molecule has 1 atom stereocenters. The lowest BCUT2D eigenvalue weighted by Crippen LogP contribution is -2.17. The minimum atomic E-state index is -0.961. The average Bonchev–Trinajstić information content (AvgIpc) is 2.76. The molecule has 31 heavy (non-hydrogen) atoms. The van der Waals surface area contributed by atoms with Gasteiger partial charge in [0.25, 0.3) is 0 Å². The van der Waals surface area contributed by atoms with E-state index in [2.05, 4.69) is 13.8 Å². The SMILES string of the molecule is CCCCCCOc1c(C=O)ccc(OCCCC(O)C(C)=O)c1OCCCCCC. The molecule has 6 heteroatoms. The third-order valence-electron chi connectivity index (χ3n) is 5.07. The van der Waals surface area contributed by atoms with Gasteiger partial charge in [0, 0.05) is 0 Å². The number of ketones is 1. The van der Waals surface area contributed by atoms with Crippen LogP contribution in [0, 0.1) is 0 Å². The molecule has 0 aliphatic heterocycles. The molecule has 0 saturated heterocycles. The number of carbonyl (C=O) groups is 2. The number of carbonyl (C=O) groups excluding carboxylic acids is 2. The Bertz CT molecular complexity index is 643. The highest BCUT2D eigenvalue weighted by molar-refractivity contribution is 5.82. The van der Waals surface area contributed by atoms with Gasteiger partial charge >= 0.3 is 0 Å². The number of aldehydes is 1. The second kappa shape index (κ2) is 16.6. The van der Waals surface area contributed by atoms with Crippen molar-refractivity contribution >= 4 is 12.1 Å². The zero-order valence-corrected chi connectivity index (χ0v) is 19.5. The number of hydrogen-bond donors (Lipinski definition) is 1. The van der Waals surface area contributed by atoms with Crippen LogP contribution in [-0.2, 0) is 4.79 Å². The van der Waals surface area contributed by atoms with Gasteiger partial charge < -0.3 is 19.3 Å². The number of aliphatic hydroxyl groups is 1. The summed E-state index contributed by atoms with van der Waals surface area (Å²) in [7, 11) is 0. The highest BCUT2D eigenvalue weighted by Crippen LogP contribution is 2.40. The number of benzene rings is 1. The van der Waals surface area contributed by atoms with Crippen LogP contribution in [0.3, 0.4) is 0 Å². The minimum absolute atomic E-state index is 0.245. The fourth-order valence-electron chi connectivity index (χ4n) is 3.12. The Morgan fingerprint density at radius 2 is 1.45 bits per heavy atom. The van der Waals surface area contributed by atoms with Crippen molar-refractivity contribution in [3.8, 4) is 17.2 Å². The first kappa shape index (κ1) is 27.0. The number of rotatable bonds is 19. The topological polar surface area (TPSA) is 82.1 Å². The Balaban J connectivity index is 2.86. The molecule has 0 bridgehead atoms. The molecule has 0 aliphatic rings. The summed E-state index contributed by atoms with van der Waals surface area (Å²) in [4.78, 5) is 22.8. The van der Waals surface area contributed by atoms with Crippen LogP contribution in [0.1, 0.15) is 95.3 Å². The summed E-state index contributed by atoms with van der Waals surface area (Å²) in [5.74, 6) is 1.17. The number of ether oxygens (including phenoxy) is 3. The Morgan fingerprint density at radius 3 is 2.00 bits per heavy atom. The van der Waals surface area contributed by atoms with Crippen LogP contribution in [0.25, 0.3) is 0 Å². The smallest absolute Gasteiger partial charge is 0.204 e. The molecule has 0 heterocycles. The van der Waals surface area contributed by atoms with Crippen LogP contribution in [0.5, 0.6) is 17.2 Å². The van der Waals surface area contributed by atoms with Gasteiger partial charge in [0.2, 0.25) is 5.75 Å². The highest BCUT2D eigenvalue weighted by atomic mass is 16.5. The third kappa shape index (κ3) is 10.7. The number of unbranched alkanes of at least 4 members (excludes halogenated alkanes) is 6. The quantitative estimate of drug-likeness (QED) is 0.227. The minimum Gasteiger partial charge on any atom is -0.490 e. The summed E-state index contributed by atoms with van der Waals surface area (Å²) < 4.78 is 17.9. The lowest BCUT2D eigenvalue weighted by atomic mass is 10.1. The maximum atomic E-state index is 11.6. The van der Waals surface area contributed by atoms with E-state index in [9.17, 15) is 14.7 Å². The van der Waals surface area contributed by atoms with E-state index in [0.717, 1.165) is 57.7 Å². The maximum Gasteiger partial charge on any atom is 0.204 e. The van der Waals surface area contributed by atoms with E-state index < -0.39 is 6.10 Å². The van der Waals surface area contributed by atoms with Gasteiger partial charge in [0.05, 0.1) is 25.4 Å². The second-order valence-electron chi connectivity index (χ2n) is 7.86. The van der Waals surface area contributed by atoms with E-state index in [-0.39, 0.29) is 5.78 Å². The summed E-state index contributed by atoms with van der Waals surface area (Å²) in [6.07, 6.45) is 9.27. The molecule has 0 aromatic heterocycles. The fraction of sp³-hybridized carbons (Fsp3) is 0.680. The number of hydrogen-bond acceptors (Lipinski definition) is 6. The van der Waals surface area contributed by atoms with E-state index in [4.69, 9.17) is 14.2 Å². The van der Waals surface area contributed by atoms with E-state index in [1.807, 2.05) is 0 Å². The molecule has 0 radical (unpaired) electrons. The van der Waals surface area contributed by atoms with Gasteiger partial charge in [-0.15, -0.1) is 0 Å². The van der Waals surface area contributed by atoms with Crippen molar-refractivity contribution in [2.24, 2.45) is 0 Å². The van der Waals surface area contributed by atoms with Crippen LogP contribution in [0.4, 0.5) is 0 Å². The first-order valence-electron chi connectivity index (χ1n) is 11.7. The highest BCUT2D eigenvalue weighted by Gasteiger charge is 2.18. The lowest BCUT2D eigenvalue weighted by Gasteiger charge is -2.19. The predicted molar refractivity (Wildman–Crippen MR) is 123 cm³/mol. The molecule has 0 fully saturated rings. The number of Topliss-reactive ketones (excluding diaryl/α,β-unsaturated/α-hetero) is 1. The summed E-state index contributed by atoms with van der Waals surface area (Å²) >= 11 is 0. The summed E-state index contributed by atoms with van der Waals surface area (Å²) in [6, 6.07) is 3.40. The molecular weight excluding hydrogens is 396 g/mol. The van der Waals surface area contributed by atoms with Crippen molar-refractivity contribution in [1.29, 1.82) is 0 Å². The Hall–Kier alpha value is -2.08. The molecule has 1 unspecified atom stereocenters. The standard InChI is InChI=1S/C25H40O6/c1-4-6-8-10-16-30-24-21(19-26)14-15-23(25(24)31-17-11-9-7-5-2)29-18-12-13-22(28)20(3)27/h14-15,19,22,28H,4-13,16-18H2,1-3H3. The van der Waals surface area contributed by atoms with Gasteiger partial charge in [0.1, 0.15) is 6.10 Å². The molecule has 6 nitrogen and oxygen atoms in total. The summed E-state index contributed by atoms with van der Waals surface area (Å²) in [6.45, 7) is 7.06. The second-order valence-corrected chi connectivity index (χ2v) is 7.86. The van der Waals surface area contributed by atoms with E-state index in [0.29, 0.717) is 55.5 Å². The number of aliphatic hydroxyl groups excluding tert-OH is 1. The fourth-order valence-corrected chi connectivity index (χ4v) is 3.12. The van der Waals surface area contributed by atoms with Gasteiger partial charge in [0.15, 0.2) is 23.6 Å². The molecule has 176 valence electrons. The van der Waals surface area contributed by atoms with Crippen LogP contribution >= 0.6 is 0 Å². The monoisotopic (exact) mass is 436 g/mol. The average molecular weight is 437 g/mol. The van der Waals surface area contributed by atoms with Crippen LogP contribution < -0.4 is 14.2 Å². The van der Waals surface area contributed by atoms with Gasteiger partial charge in [-0.1, -0.05) is 52.4 Å². The van der Waals surface area contributed by atoms with E-state index in [1.54, 1.807) is 12.1 Å². The van der Waals surface area contributed by atoms with Crippen LogP contribution in [0.15, 0.2) is 12.1 Å². The maximum absolute atomic E-state index is 11.6. The normalized spacial score (nSPS) is 11.7. The van der Waals surface area contributed by atoms with Crippen molar-refractivity contribution < 1.29 is 28.9 Å². The lowest BCUT2D eigenvalue weighted by molar-refractivity contribution is -0.125. The zero-order chi connectivity index (χ0) is 22.9. The first-order valence-corrected chi connectivity index (χ1v) is 11.7. The van der Waals surface area contributed by atoms with Crippen LogP contribution in [-0.4, -0.2) is 43.1 Å². The van der Waals surface area contributed by atoms with E-state index in [1.165, 1.54) is 6.92 Å². The van der Waals surface area contributed by atoms with Gasteiger partial charge in [-0.05, 0) is 44.7 Å². The zero-order valence-electron chi connectivity index (χ0n) is 19.5. The van der Waals surface area contributed by atoms with Crippen molar-refractivity contribution in [2.45, 2.75) is 91.1 Å². The molecule has 0 spiro atoms. The van der Waals surface area contributed by atoms with Crippen molar-refractivity contribution in [3.05, 3.63) is 17.7 Å². The summed E-state index contributed by atoms with van der Waals surface area (Å²) in [5.41, 5.74) is 0.443. The largest absolute Gasteiger partial charge is 0.490 e. The van der Waals surface area contributed by atoms with Crippen molar-refractivity contribution in [1.82, 2.24) is 0 Å². The van der Waals surface area contributed by atoms with Gasteiger partial charge in [-0.25, -0.2) is 0 Å². The Morgan fingerprint density at radius 1 is 0.871 bits per heavy atom. The molecule has 1 rings (SSSR count). The molecule has 0 saturated carbocycles. The molecule has 0 amide bonds. The molecule has 1 aromatic carbocycles. The third-order valence-corrected chi connectivity index (χ3v) is 5.07. The van der Waals surface area contributed by atoms with Crippen molar-refractivity contribution in [2.75, 3.05) is 19.8 Å². The predicted octanol–water partition coefficient (Wildman–Crippen LogP) is 5.53. The summed E-state index contributed by atoms with van der Waals surface area (Å²) in [5, 5.41) is 9.65. The van der Waals surface area contributed by atoms with E-state index >= 15 is 0 Å². The Kier molecular flexibility index (Phi) is 14.4. The first-order chi connectivity index (χ1) is 15.0.